The molecule has 1 aromatic carbocycles. The molecule has 2 aromatic rings. The molecule has 1 heterocycles. The van der Waals surface area contributed by atoms with Gasteiger partial charge in [0.1, 0.15) is 0 Å². The minimum absolute atomic E-state index is 0.119. The van der Waals surface area contributed by atoms with Crippen LogP contribution in [0, 0.1) is 6.92 Å². The van der Waals surface area contributed by atoms with E-state index in [1.165, 1.54) is 0 Å². The largest absolute Gasteiger partial charge is 0.452 e. The monoisotopic (exact) mass is 342 g/mol. The van der Waals surface area contributed by atoms with Crippen molar-refractivity contribution in [2.24, 2.45) is 0 Å². The normalized spacial score (nSPS) is 11.4. The smallest absolute Gasteiger partial charge is 0.308 e. The second kappa shape index (κ2) is 9.36. The van der Waals surface area contributed by atoms with E-state index in [-0.39, 0.29) is 12.3 Å². The molecule has 0 aliphatic rings. The standard InChI is InChI=1S/C18H22N4O3/c1-13-4-6-15(7-5-13)12-22-17(24)14(2)25-16(23)8-11-21-18-19-9-3-10-20-18/h3-7,9-10,14H,8,11-12H2,1-2H3,(H,22,24)(H,19,20,21). The summed E-state index contributed by atoms with van der Waals surface area (Å²) in [6, 6.07) is 9.56. The molecule has 1 atom stereocenters. The third-order valence-electron chi connectivity index (χ3n) is 3.44. The van der Waals surface area contributed by atoms with Gasteiger partial charge in [-0.05, 0) is 25.5 Å². The number of aromatic nitrogens is 2. The first-order chi connectivity index (χ1) is 12.0. The van der Waals surface area contributed by atoms with Gasteiger partial charge in [-0.15, -0.1) is 0 Å². The number of carbonyl (C=O) groups is 2. The van der Waals surface area contributed by atoms with Crippen LogP contribution in [0.3, 0.4) is 0 Å². The van der Waals surface area contributed by atoms with Crippen LogP contribution >= 0.6 is 0 Å². The lowest BCUT2D eigenvalue weighted by molar-refractivity contribution is -0.154. The first-order valence-electron chi connectivity index (χ1n) is 8.08. The molecular formula is C18H22N4O3. The third kappa shape index (κ3) is 6.58. The van der Waals surface area contributed by atoms with E-state index >= 15 is 0 Å². The highest BCUT2D eigenvalue weighted by Crippen LogP contribution is 2.03. The quantitative estimate of drug-likeness (QED) is 0.711. The van der Waals surface area contributed by atoms with E-state index in [0.29, 0.717) is 19.0 Å². The Morgan fingerprint density at radius 2 is 1.84 bits per heavy atom. The minimum Gasteiger partial charge on any atom is -0.452 e. The Hall–Kier alpha value is -2.96. The van der Waals surface area contributed by atoms with Gasteiger partial charge in [-0.25, -0.2) is 9.97 Å². The van der Waals surface area contributed by atoms with Crippen LogP contribution in [0.1, 0.15) is 24.5 Å². The summed E-state index contributed by atoms with van der Waals surface area (Å²) in [7, 11) is 0. The molecular weight excluding hydrogens is 320 g/mol. The van der Waals surface area contributed by atoms with Gasteiger partial charge in [-0.1, -0.05) is 29.8 Å². The Bertz CT molecular complexity index is 689. The van der Waals surface area contributed by atoms with E-state index in [0.717, 1.165) is 11.1 Å². The van der Waals surface area contributed by atoms with Crippen LogP contribution < -0.4 is 10.6 Å². The van der Waals surface area contributed by atoms with Crippen molar-refractivity contribution in [3.8, 4) is 0 Å². The van der Waals surface area contributed by atoms with Crippen molar-refractivity contribution < 1.29 is 14.3 Å². The number of hydrogen-bond acceptors (Lipinski definition) is 6. The van der Waals surface area contributed by atoms with Gasteiger partial charge < -0.3 is 15.4 Å². The van der Waals surface area contributed by atoms with Gasteiger partial charge >= 0.3 is 5.97 Å². The van der Waals surface area contributed by atoms with E-state index in [2.05, 4.69) is 20.6 Å². The maximum atomic E-state index is 12.0. The molecule has 0 aliphatic heterocycles. The van der Waals surface area contributed by atoms with Crippen molar-refractivity contribution in [1.82, 2.24) is 15.3 Å². The van der Waals surface area contributed by atoms with E-state index in [9.17, 15) is 9.59 Å². The van der Waals surface area contributed by atoms with Gasteiger partial charge in [-0.3, -0.25) is 9.59 Å². The molecule has 2 rings (SSSR count). The molecule has 0 spiro atoms. The van der Waals surface area contributed by atoms with Crippen LogP contribution in [-0.4, -0.2) is 34.5 Å². The number of anilines is 1. The number of nitrogens with zero attached hydrogens (tertiary/aromatic N) is 2. The van der Waals surface area contributed by atoms with E-state index in [1.54, 1.807) is 25.4 Å². The molecule has 2 N–H and O–H groups in total. The fraction of sp³-hybridized carbons (Fsp3) is 0.333. The minimum atomic E-state index is -0.842. The highest BCUT2D eigenvalue weighted by Gasteiger charge is 2.17. The second-order valence-corrected chi connectivity index (χ2v) is 5.58. The highest BCUT2D eigenvalue weighted by atomic mass is 16.5. The lowest BCUT2D eigenvalue weighted by atomic mass is 10.1. The number of rotatable bonds is 8. The SMILES string of the molecule is Cc1ccc(CNC(=O)C(C)OC(=O)CCNc2ncccn2)cc1. The first-order valence-corrected chi connectivity index (χ1v) is 8.08. The second-order valence-electron chi connectivity index (χ2n) is 5.58. The molecule has 25 heavy (non-hydrogen) atoms. The summed E-state index contributed by atoms with van der Waals surface area (Å²) in [6.45, 7) is 4.28. The number of carbonyl (C=O) groups excluding carboxylic acids is 2. The Morgan fingerprint density at radius 3 is 2.52 bits per heavy atom. The van der Waals surface area contributed by atoms with Crippen molar-refractivity contribution in [2.45, 2.75) is 32.9 Å². The van der Waals surface area contributed by atoms with Gasteiger partial charge in [0.25, 0.3) is 5.91 Å². The van der Waals surface area contributed by atoms with Crippen LogP contribution in [0.15, 0.2) is 42.7 Å². The molecule has 0 aliphatic carbocycles. The van der Waals surface area contributed by atoms with Crippen molar-refractivity contribution in [2.75, 3.05) is 11.9 Å². The molecule has 0 saturated heterocycles. The molecule has 0 saturated carbocycles. The number of hydrogen-bond donors (Lipinski definition) is 2. The van der Waals surface area contributed by atoms with Crippen molar-refractivity contribution in [3.05, 3.63) is 53.9 Å². The number of amides is 1. The lowest BCUT2D eigenvalue weighted by Gasteiger charge is -2.14. The van der Waals surface area contributed by atoms with E-state index in [4.69, 9.17) is 4.74 Å². The molecule has 1 unspecified atom stereocenters. The molecule has 1 aromatic heterocycles. The predicted molar refractivity (Wildman–Crippen MR) is 93.7 cm³/mol. The fourth-order valence-electron chi connectivity index (χ4n) is 2.02. The summed E-state index contributed by atoms with van der Waals surface area (Å²) in [5.41, 5.74) is 2.15. The zero-order valence-electron chi connectivity index (χ0n) is 14.4. The van der Waals surface area contributed by atoms with E-state index < -0.39 is 12.1 Å². The number of benzene rings is 1. The summed E-state index contributed by atoms with van der Waals surface area (Å²) >= 11 is 0. The topological polar surface area (TPSA) is 93.2 Å². The molecule has 7 heteroatoms. The maximum Gasteiger partial charge on any atom is 0.308 e. The van der Waals surface area contributed by atoms with E-state index in [1.807, 2.05) is 31.2 Å². The van der Waals surface area contributed by atoms with Gasteiger partial charge in [-0.2, -0.15) is 0 Å². The molecule has 0 fully saturated rings. The summed E-state index contributed by atoms with van der Waals surface area (Å²) in [4.78, 5) is 31.7. The first kappa shape index (κ1) is 18.4. The average Bonchev–Trinajstić information content (AvgIpc) is 2.61. The van der Waals surface area contributed by atoms with Gasteiger partial charge in [0, 0.05) is 25.5 Å². The predicted octanol–water partition coefficient (Wildman–Crippen LogP) is 1.84. The Kier molecular flexibility index (Phi) is 6.88. The van der Waals surface area contributed by atoms with Crippen molar-refractivity contribution in [1.29, 1.82) is 0 Å². The summed E-state index contributed by atoms with van der Waals surface area (Å²) in [6.07, 6.45) is 2.49. The number of nitrogens with one attached hydrogen (secondary N) is 2. The number of ether oxygens (including phenoxy) is 1. The lowest BCUT2D eigenvalue weighted by Crippen LogP contribution is -2.35. The third-order valence-corrected chi connectivity index (χ3v) is 3.44. The maximum absolute atomic E-state index is 12.0. The van der Waals surface area contributed by atoms with Crippen molar-refractivity contribution in [3.63, 3.8) is 0 Å². The Morgan fingerprint density at radius 1 is 1.16 bits per heavy atom. The fourth-order valence-corrected chi connectivity index (χ4v) is 2.02. The van der Waals surface area contributed by atoms with Crippen molar-refractivity contribution >= 4 is 17.8 Å². The zero-order chi connectivity index (χ0) is 18.1. The number of aryl methyl sites for hydroxylation is 1. The van der Waals surface area contributed by atoms with Gasteiger partial charge in [0.05, 0.1) is 6.42 Å². The van der Waals surface area contributed by atoms with Crippen LogP contribution in [0.5, 0.6) is 0 Å². The molecule has 1 amide bonds. The summed E-state index contributed by atoms with van der Waals surface area (Å²) in [5.74, 6) is -0.339. The Balaban J connectivity index is 1.67. The Labute approximate surface area is 146 Å². The van der Waals surface area contributed by atoms with Gasteiger partial charge in [0.2, 0.25) is 5.95 Å². The number of esters is 1. The molecule has 0 bridgehead atoms. The zero-order valence-corrected chi connectivity index (χ0v) is 14.4. The van der Waals surface area contributed by atoms with Crippen LogP contribution in [0.4, 0.5) is 5.95 Å². The van der Waals surface area contributed by atoms with Crippen LogP contribution in [0.25, 0.3) is 0 Å². The van der Waals surface area contributed by atoms with Crippen LogP contribution in [0.2, 0.25) is 0 Å². The molecule has 0 radical (unpaired) electrons. The molecule has 7 nitrogen and oxygen atoms in total. The average molecular weight is 342 g/mol. The van der Waals surface area contributed by atoms with Gasteiger partial charge in [0.15, 0.2) is 6.10 Å². The van der Waals surface area contributed by atoms with Crippen LogP contribution in [-0.2, 0) is 20.9 Å². The molecule has 132 valence electrons. The summed E-state index contributed by atoms with van der Waals surface area (Å²) in [5, 5.41) is 5.66. The summed E-state index contributed by atoms with van der Waals surface area (Å²) < 4.78 is 5.13. The highest BCUT2D eigenvalue weighted by molar-refractivity contribution is 5.83.